The molecule has 3 amide bonds. The van der Waals surface area contributed by atoms with Gasteiger partial charge in [0.15, 0.2) is 0 Å². The van der Waals surface area contributed by atoms with E-state index in [2.05, 4.69) is 16.0 Å². The van der Waals surface area contributed by atoms with E-state index < -0.39 is 35.2 Å². The van der Waals surface area contributed by atoms with Crippen LogP contribution in [0, 0.1) is 5.41 Å². The molecule has 1 rings (SSSR count). The maximum Gasteiger partial charge on any atom is 0.251 e. The summed E-state index contributed by atoms with van der Waals surface area (Å²) < 4.78 is 0. The number of hydrogen-bond acceptors (Lipinski definition) is 5. The van der Waals surface area contributed by atoms with Crippen LogP contribution in [-0.4, -0.2) is 48.9 Å². The van der Waals surface area contributed by atoms with Crippen molar-refractivity contribution >= 4 is 30.3 Å². The van der Waals surface area contributed by atoms with Crippen LogP contribution in [0.3, 0.4) is 0 Å². The van der Waals surface area contributed by atoms with Crippen LogP contribution >= 0.6 is 0 Å². The van der Waals surface area contributed by atoms with Gasteiger partial charge in [0.05, 0.1) is 12.6 Å². The molecule has 0 aliphatic heterocycles. The largest absolute Gasteiger partial charge is 0.345 e. The minimum Gasteiger partial charge on any atom is -0.345 e. The van der Waals surface area contributed by atoms with Crippen molar-refractivity contribution in [3.63, 3.8) is 0 Å². The molecule has 0 saturated heterocycles. The number of carbonyl (C=O) groups is 5. The first-order valence-electron chi connectivity index (χ1n) is 8.51. The lowest BCUT2D eigenvalue weighted by Crippen LogP contribution is -2.55. The number of nitrogens with one attached hydrogen (secondary N) is 3. The quantitative estimate of drug-likeness (QED) is 0.533. The fraction of sp³-hybridized carbons (Fsp3) is 0.421. The molecule has 0 heterocycles. The number of rotatable bonds is 9. The highest BCUT2D eigenvalue weighted by Crippen LogP contribution is 2.20. The molecule has 2 atom stereocenters. The lowest BCUT2D eigenvalue weighted by atomic mass is 9.86. The molecule has 0 bridgehead atoms. The zero-order chi connectivity index (χ0) is 20.4. The standard InChI is InChI=1S/C19H25N3O5/c1-19(2,3)16(22-17(26)13-7-5-4-6-8-13)18(27)20-11-15(25)21-14(12-24)9-10-23/h4-8,10,12,14,16H,9,11H2,1-3H3,(H,20,27)(H,21,25)(H,22,26)/t14-,16+/m0/s1. The first-order chi connectivity index (χ1) is 12.7. The van der Waals surface area contributed by atoms with Crippen molar-refractivity contribution in [2.75, 3.05) is 6.54 Å². The molecule has 1 aromatic carbocycles. The Bertz CT molecular complexity index is 682. The zero-order valence-electron chi connectivity index (χ0n) is 15.7. The zero-order valence-corrected chi connectivity index (χ0v) is 15.7. The molecule has 3 N–H and O–H groups in total. The normalized spacial score (nSPS) is 13.0. The van der Waals surface area contributed by atoms with Gasteiger partial charge in [-0.3, -0.25) is 14.4 Å². The second-order valence-corrected chi connectivity index (χ2v) is 7.07. The monoisotopic (exact) mass is 375 g/mol. The third kappa shape index (κ3) is 7.39. The van der Waals surface area contributed by atoms with Gasteiger partial charge in [0.25, 0.3) is 5.91 Å². The first kappa shape index (κ1) is 22.0. The van der Waals surface area contributed by atoms with Crippen LogP contribution in [0.15, 0.2) is 30.3 Å². The van der Waals surface area contributed by atoms with Crippen molar-refractivity contribution in [3.8, 4) is 0 Å². The number of aldehydes is 2. The third-order valence-corrected chi connectivity index (χ3v) is 3.72. The Labute approximate surface area is 158 Å². The minimum atomic E-state index is -0.928. The maximum absolute atomic E-state index is 12.5. The lowest BCUT2D eigenvalue weighted by Gasteiger charge is -2.30. The molecule has 0 radical (unpaired) electrons. The Morgan fingerprint density at radius 1 is 1.04 bits per heavy atom. The predicted octanol–water partition coefficient (Wildman–Crippen LogP) is 0.220. The maximum atomic E-state index is 12.5. The minimum absolute atomic E-state index is 0.138. The highest BCUT2D eigenvalue weighted by molar-refractivity contribution is 5.98. The van der Waals surface area contributed by atoms with E-state index in [1.54, 1.807) is 51.1 Å². The van der Waals surface area contributed by atoms with Crippen LogP contribution < -0.4 is 16.0 Å². The Balaban J connectivity index is 2.70. The summed E-state index contributed by atoms with van der Waals surface area (Å²) in [5.41, 5.74) is -0.187. The molecule has 8 heteroatoms. The van der Waals surface area contributed by atoms with Crippen LogP contribution in [0.2, 0.25) is 0 Å². The Hall–Kier alpha value is -3.03. The van der Waals surface area contributed by atoms with E-state index >= 15 is 0 Å². The SMILES string of the molecule is CC(C)(C)[C@H](NC(=O)c1ccccc1)C(=O)NCC(=O)N[C@H](C=O)CC=O. The summed E-state index contributed by atoms with van der Waals surface area (Å²) in [6.45, 7) is 4.98. The van der Waals surface area contributed by atoms with Gasteiger partial charge in [0.2, 0.25) is 11.8 Å². The summed E-state index contributed by atoms with van der Waals surface area (Å²) in [6, 6.07) is 6.67. The Morgan fingerprint density at radius 3 is 2.19 bits per heavy atom. The van der Waals surface area contributed by atoms with Gasteiger partial charge in [-0.25, -0.2) is 0 Å². The molecule has 0 saturated carbocycles. The van der Waals surface area contributed by atoms with Crippen molar-refractivity contribution in [3.05, 3.63) is 35.9 Å². The van der Waals surface area contributed by atoms with Gasteiger partial charge in [-0.2, -0.15) is 0 Å². The van der Waals surface area contributed by atoms with Crippen molar-refractivity contribution in [2.24, 2.45) is 5.41 Å². The highest BCUT2D eigenvalue weighted by atomic mass is 16.2. The van der Waals surface area contributed by atoms with Crippen LogP contribution in [0.1, 0.15) is 37.6 Å². The van der Waals surface area contributed by atoms with Crippen molar-refractivity contribution in [1.82, 2.24) is 16.0 Å². The lowest BCUT2D eigenvalue weighted by molar-refractivity contribution is -0.129. The van der Waals surface area contributed by atoms with E-state index in [1.807, 2.05) is 0 Å². The second kappa shape index (κ2) is 10.2. The van der Waals surface area contributed by atoms with Gasteiger partial charge >= 0.3 is 0 Å². The van der Waals surface area contributed by atoms with E-state index in [0.29, 0.717) is 18.1 Å². The molecule has 27 heavy (non-hydrogen) atoms. The number of benzene rings is 1. The molecule has 146 valence electrons. The van der Waals surface area contributed by atoms with Crippen LogP contribution in [-0.2, 0) is 19.2 Å². The molecular weight excluding hydrogens is 350 g/mol. The number of carbonyl (C=O) groups excluding carboxylic acids is 5. The predicted molar refractivity (Wildman–Crippen MR) is 98.8 cm³/mol. The Morgan fingerprint density at radius 2 is 1.67 bits per heavy atom. The second-order valence-electron chi connectivity index (χ2n) is 7.07. The van der Waals surface area contributed by atoms with Gasteiger partial charge in [-0.15, -0.1) is 0 Å². The Kier molecular flexibility index (Phi) is 8.32. The molecule has 0 fully saturated rings. The summed E-state index contributed by atoms with van der Waals surface area (Å²) in [6.07, 6.45) is 0.833. The molecule has 0 aliphatic rings. The summed E-state index contributed by atoms with van der Waals surface area (Å²) >= 11 is 0. The average Bonchev–Trinajstić information content (AvgIpc) is 2.63. The van der Waals surface area contributed by atoms with E-state index in [9.17, 15) is 24.0 Å². The van der Waals surface area contributed by atoms with E-state index in [0.717, 1.165) is 0 Å². The molecule has 8 nitrogen and oxygen atoms in total. The smallest absolute Gasteiger partial charge is 0.251 e. The number of hydrogen-bond donors (Lipinski definition) is 3. The van der Waals surface area contributed by atoms with Crippen molar-refractivity contribution < 1.29 is 24.0 Å². The van der Waals surface area contributed by atoms with Crippen molar-refractivity contribution in [1.29, 1.82) is 0 Å². The van der Waals surface area contributed by atoms with E-state index in [4.69, 9.17) is 0 Å². The summed E-state index contributed by atoms with van der Waals surface area (Å²) in [5.74, 6) is -1.54. The van der Waals surface area contributed by atoms with Crippen LogP contribution in [0.4, 0.5) is 0 Å². The highest BCUT2D eigenvalue weighted by Gasteiger charge is 2.33. The molecule has 0 unspecified atom stereocenters. The van der Waals surface area contributed by atoms with E-state index in [-0.39, 0.29) is 13.0 Å². The van der Waals surface area contributed by atoms with Gasteiger partial charge in [0, 0.05) is 12.0 Å². The topological polar surface area (TPSA) is 121 Å². The van der Waals surface area contributed by atoms with Gasteiger partial charge in [-0.05, 0) is 17.5 Å². The average molecular weight is 375 g/mol. The molecule has 0 aliphatic carbocycles. The van der Waals surface area contributed by atoms with Gasteiger partial charge < -0.3 is 25.5 Å². The fourth-order valence-corrected chi connectivity index (χ4v) is 2.26. The first-order valence-corrected chi connectivity index (χ1v) is 8.51. The molecular formula is C19H25N3O5. The molecule has 1 aromatic rings. The molecule has 0 spiro atoms. The van der Waals surface area contributed by atoms with Gasteiger partial charge in [-0.1, -0.05) is 39.0 Å². The number of amides is 3. The van der Waals surface area contributed by atoms with E-state index in [1.165, 1.54) is 0 Å². The van der Waals surface area contributed by atoms with Crippen LogP contribution in [0.25, 0.3) is 0 Å². The summed E-state index contributed by atoms with van der Waals surface area (Å²) in [4.78, 5) is 57.9. The van der Waals surface area contributed by atoms with Crippen molar-refractivity contribution in [2.45, 2.75) is 39.3 Å². The summed E-state index contributed by atoms with van der Waals surface area (Å²) in [7, 11) is 0. The van der Waals surface area contributed by atoms with Crippen LogP contribution in [0.5, 0.6) is 0 Å². The van der Waals surface area contributed by atoms with Gasteiger partial charge in [0.1, 0.15) is 18.6 Å². The summed E-state index contributed by atoms with van der Waals surface area (Å²) in [5, 5.41) is 7.46. The fourth-order valence-electron chi connectivity index (χ4n) is 2.26. The third-order valence-electron chi connectivity index (χ3n) is 3.72. The molecule has 0 aromatic heterocycles.